The number of nitrogens with one attached hydrogen (secondary N) is 2. The van der Waals surface area contributed by atoms with Crippen molar-refractivity contribution in [1.82, 2.24) is 4.72 Å². The summed E-state index contributed by atoms with van der Waals surface area (Å²) in [6.45, 7) is 0.321. The van der Waals surface area contributed by atoms with Crippen LogP contribution in [0.15, 0.2) is 23.1 Å². The number of benzene rings is 1. The van der Waals surface area contributed by atoms with Crippen molar-refractivity contribution in [1.29, 1.82) is 0 Å². The van der Waals surface area contributed by atoms with Gasteiger partial charge in [-0.05, 0) is 38.0 Å². The number of rotatable bonds is 5. The second-order valence-electron chi connectivity index (χ2n) is 8.74. The summed E-state index contributed by atoms with van der Waals surface area (Å²) in [6, 6.07) is 3.11. The van der Waals surface area contributed by atoms with E-state index in [2.05, 4.69) is 4.72 Å². The molecule has 0 radical (unpaired) electrons. The molecule has 11 heteroatoms. The SMILES string of the molecule is C[C@@](O)(C(=O)Nc1ccc(S(=O)(=O)NC2CCCCCCCCCCC2)cc1Cl)C(F)(F)F. The topological polar surface area (TPSA) is 95.5 Å². The van der Waals surface area contributed by atoms with E-state index in [4.69, 9.17) is 11.6 Å². The summed E-state index contributed by atoms with van der Waals surface area (Å²) in [7, 11) is -3.92. The van der Waals surface area contributed by atoms with Gasteiger partial charge in [0.2, 0.25) is 15.6 Å². The van der Waals surface area contributed by atoms with E-state index in [-0.39, 0.29) is 21.6 Å². The van der Waals surface area contributed by atoms with Crippen LogP contribution in [0.4, 0.5) is 18.9 Å². The van der Waals surface area contributed by atoms with Crippen LogP contribution in [0, 0.1) is 0 Å². The second kappa shape index (κ2) is 11.9. The summed E-state index contributed by atoms with van der Waals surface area (Å²) >= 11 is 6.04. The van der Waals surface area contributed by atoms with Crippen molar-refractivity contribution in [2.45, 2.75) is 100 Å². The van der Waals surface area contributed by atoms with Gasteiger partial charge in [-0.3, -0.25) is 4.79 Å². The van der Waals surface area contributed by atoms with E-state index in [1.165, 1.54) is 19.3 Å². The molecule has 1 saturated carbocycles. The molecule has 6 nitrogen and oxygen atoms in total. The van der Waals surface area contributed by atoms with Crippen molar-refractivity contribution < 1.29 is 31.5 Å². The summed E-state index contributed by atoms with van der Waals surface area (Å²) in [4.78, 5) is 11.7. The average Bonchev–Trinajstić information content (AvgIpc) is 2.70. The highest BCUT2D eigenvalue weighted by Gasteiger charge is 2.55. The Morgan fingerprint density at radius 3 is 1.94 bits per heavy atom. The number of halogens is 4. The molecular formula is C22H32ClF3N2O4S. The zero-order chi connectivity index (χ0) is 24.7. The fourth-order valence-electron chi connectivity index (χ4n) is 3.71. The van der Waals surface area contributed by atoms with Crippen LogP contribution in [-0.4, -0.2) is 37.3 Å². The van der Waals surface area contributed by atoms with Gasteiger partial charge in [-0.15, -0.1) is 0 Å². The summed E-state index contributed by atoms with van der Waals surface area (Å²) in [5.41, 5.74) is -3.87. The smallest absolute Gasteiger partial charge is 0.373 e. The number of aliphatic hydroxyl groups is 1. The van der Waals surface area contributed by atoms with Gasteiger partial charge in [-0.2, -0.15) is 13.2 Å². The molecule has 3 N–H and O–H groups in total. The number of hydrogen-bond acceptors (Lipinski definition) is 4. The van der Waals surface area contributed by atoms with Gasteiger partial charge in [0.15, 0.2) is 0 Å². The molecule has 1 aromatic rings. The maximum absolute atomic E-state index is 12.9. The molecule has 0 spiro atoms. The first-order valence-electron chi connectivity index (χ1n) is 11.3. The second-order valence-corrected chi connectivity index (χ2v) is 10.9. The number of carbonyl (C=O) groups is 1. The molecule has 0 aromatic heterocycles. The Labute approximate surface area is 198 Å². The monoisotopic (exact) mass is 512 g/mol. The van der Waals surface area contributed by atoms with Crippen molar-refractivity contribution in [3.63, 3.8) is 0 Å². The van der Waals surface area contributed by atoms with Gasteiger partial charge in [0.05, 0.1) is 15.6 Å². The average molecular weight is 513 g/mol. The first kappa shape index (κ1) is 27.9. The standard InChI is InChI=1S/C22H32ClF3N2O4S/c1-21(30,22(24,25)26)20(29)27-19-14-13-17(15-18(19)23)33(31,32)28-16-11-9-7-5-3-2-4-6-8-10-12-16/h13-16,28,30H,2-12H2,1H3,(H,27,29)/t21-/m1/s1. The Hall–Kier alpha value is -1.36. The largest absolute Gasteiger partial charge is 0.426 e. The van der Waals surface area contributed by atoms with Crippen molar-refractivity contribution in [2.75, 3.05) is 5.32 Å². The lowest BCUT2D eigenvalue weighted by molar-refractivity contribution is -0.242. The third kappa shape index (κ3) is 8.12. The van der Waals surface area contributed by atoms with Crippen LogP contribution in [0.5, 0.6) is 0 Å². The van der Waals surface area contributed by atoms with Gasteiger partial charge in [0.1, 0.15) is 0 Å². The van der Waals surface area contributed by atoms with E-state index < -0.39 is 27.7 Å². The molecule has 0 bridgehead atoms. The number of amides is 1. The lowest BCUT2D eigenvalue weighted by atomic mass is 9.98. The Kier molecular flexibility index (Phi) is 10.0. The minimum absolute atomic E-state index is 0.154. The van der Waals surface area contributed by atoms with Crippen LogP contribution in [0.3, 0.4) is 0 Å². The van der Waals surface area contributed by atoms with Crippen molar-refractivity contribution in [3.8, 4) is 0 Å². The first-order valence-corrected chi connectivity index (χ1v) is 13.1. The highest BCUT2D eigenvalue weighted by Crippen LogP contribution is 2.33. The molecule has 1 aromatic carbocycles. The number of hydrogen-bond donors (Lipinski definition) is 3. The summed E-state index contributed by atoms with van der Waals surface area (Å²) in [5, 5.41) is 11.1. The Morgan fingerprint density at radius 2 is 1.48 bits per heavy atom. The van der Waals surface area contributed by atoms with Crippen LogP contribution in [0.1, 0.15) is 77.6 Å². The zero-order valence-corrected chi connectivity index (χ0v) is 20.3. The molecule has 188 valence electrons. The van der Waals surface area contributed by atoms with E-state index in [1.807, 2.05) is 5.32 Å². The summed E-state index contributed by atoms with van der Waals surface area (Å²) in [6.07, 6.45) is 6.18. The number of anilines is 1. The van der Waals surface area contributed by atoms with Crippen LogP contribution in [0.25, 0.3) is 0 Å². The number of carbonyl (C=O) groups excluding carboxylic acids is 1. The van der Waals surface area contributed by atoms with Crippen molar-refractivity contribution in [2.24, 2.45) is 0 Å². The van der Waals surface area contributed by atoms with Gasteiger partial charge in [-0.1, -0.05) is 69.4 Å². The van der Waals surface area contributed by atoms with Crippen LogP contribution >= 0.6 is 11.6 Å². The van der Waals surface area contributed by atoms with Crippen LogP contribution in [-0.2, 0) is 14.8 Å². The van der Waals surface area contributed by atoms with Crippen LogP contribution in [0.2, 0.25) is 5.02 Å². The van der Waals surface area contributed by atoms with E-state index in [1.54, 1.807) is 0 Å². The minimum Gasteiger partial charge on any atom is -0.373 e. The quantitative estimate of drug-likeness (QED) is 0.482. The maximum atomic E-state index is 12.9. The van der Waals surface area contributed by atoms with Gasteiger partial charge in [0, 0.05) is 6.04 Å². The molecule has 0 unspecified atom stereocenters. The number of sulfonamides is 1. The van der Waals surface area contributed by atoms with Crippen molar-refractivity contribution >= 4 is 33.2 Å². The molecule has 33 heavy (non-hydrogen) atoms. The predicted octanol–water partition coefficient (Wildman–Crippen LogP) is 5.54. The first-order chi connectivity index (χ1) is 15.3. The maximum Gasteiger partial charge on any atom is 0.426 e. The fraction of sp³-hybridized carbons (Fsp3) is 0.682. The molecule has 1 amide bonds. The summed E-state index contributed by atoms with van der Waals surface area (Å²) in [5.74, 6) is -1.72. The third-order valence-electron chi connectivity index (χ3n) is 5.92. The molecule has 0 aliphatic heterocycles. The molecule has 0 heterocycles. The molecular weight excluding hydrogens is 481 g/mol. The highest BCUT2D eigenvalue weighted by molar-refractivity contribution is 7.89. The van der Waals surface area contributed by atoms with Crippen LogP contribution < -0.4 is 10.0 Å². The van der Waals surface area contributed by atoms with E-state index >= 15 is 0 Å². The molecule has 2 rings (SSSR count). The van der Waals surface area contributed by atoms with E-state index in [0.717, 1.165) is 69.6 Å². The Morgan fingerprint density at radius 1 is 1.00 bits per heavy atom. The highest BCUT2D eigenvalue weighted by atomic mass is 35.5. The van der Waals surface area contributed by atoms with Crippen molar-refractivity contribution in [3.05, 3.63) is 23.2 Å². The Bertz CT molecular complexity index is 895. The van der Waals surface area contributed by atoms with Gasteiger partial charge in [0.25, 0.3) is 5.91 Å². The summed E-state index contributed by atoms with van der Waals surface area (Å²) < 4.78 is 67.1. The molecule has 1 aliphatic rings. The van der Waals surface area contributed by atoms with Gasteiger partial charge >= 0.3 is 6.18 Å². The zero-order valence-electron chi connectivity index (χ0n) is 18.7. The molecule has 0 saturated heterocycles. The lowest BCUT2D eigenvalue weighted by Crippen LogP contribution is -2.52. The van der Waals surface area contributed by atoms with E-state index in [0.29, 0.717) is 6.92 Å². The minimum atomic E-state index is -5.19. The number of alkyl halides is 3. The fourth-order valence-corrected chi connectivity index (χ4v) is 5.33. The Balaban J connectivity index is 2.10. The van der Waals surface area contributed by atoms with Gasteiger partial charge < -0.3 is 10.4 Å². The lowest BCUT2D eigenvalue weighted by Gasteiger charge is -2.25. The third-order valence-corrected chi connectivity index (χ3v) is 7.75. The van der Waals surface area contributed by atoms with E-state index in [9.17, 15) is 31.5 Å². The predicted molar refractivity (Wildman–Crippen MR) is 122 cm³/mol. The molecule has 1 aliphatic carbocycles. The normalized spacial score (nSPS) is 19.7. The molecule has 1 atom stereocenters. The van der Waals surface area contributed by atoms with Gasteiger partial charge in [-0.25, -0.2) is 13.1 Å². The molecule has 1 fully saturated rings.